The zero-order chi connectivity index (χ0) is 11.9. The minimum absolute atomic E-state index is 0.196. The molecule has 1 aromatic heterocycles. The van der Waals surface area contributed by atoms with Gasteiger partial charge < -0.3 is 0 Å². The van der Waals surface area contributed by atoms with Gasteiger partial charge in [0.05, 0.1) is 0 Å². The van der Waals surface area contributed by atoms with Crippen molar-refractivity contribution < 1.29 is 4.79 Å². The third-order valence-corrected chi connectivity index (χ3v) is 3.69. The van der Waals surface area contributed by atoms with Crippen molar-refractivity contribution in [3.05, 3.63) is 30.1 Å². The Balaban J connectivity index is 1.69. The van der Waals surface area contributed by atoms with Crippen molar-refractivity contribution in [3.8, 4) is 0 Å². The van der Waals surface area contributed by atoms with E-state index >= 15 is 0 Å². The van der Waals surface area contributed by atoms with Crippen LogP contribution in [0.15, 0.2) is 24.4 Å². The number of hydrogen-bond acceptors (Lipinski definition) is 2. The Morgan fingerprint density at radius 3 is 2.76 bits per heavy atom. The van der Waals surface area contributed by atoms with Crippen molar-refractivity contribution in [1.82, 2.24) is 4.98 Å². The molecule has 0 bridgehead atoms. The lowest BCUT2D eigenvalue weighted by Gasteiger charge is -2.20. The molecule has 1 aliphatic rings. The van der Waals surface area contributed by atoms with Crippen molar-refractivity contribution in [2.45, 2.75) is 51.4 Å². The molecule has 0 atom stereocenters. The molecule has 1 heterocycles. The minimum atomic E-state index is 0.196. The lowest BCUT2D eigenvalue weighted by Crippen LogP contribution is -2.07. The van der Waals surface area contributed by atoms with Gasteiger partial charge in [-0.25, -0.2) is 0 Å². The monoisotopic (exact) mass is 231 g/mol. The summed E-state index contributed by atoms with van der Waals surface area (Å²) >= 11 is 0. The third-order valence-electron chi connectivity index (χ3n) is 3.69. The standard InChI is InChI=1S/C15H21NO/c17-15(14-10-4-5-12-16-14)11-6-9-13-7-2-1-3-8-13/h4-5,10,12-13H,1-3,6-9,11H2. The van der Waals surface area contributed by atoms with Crippen molar-refractivity contribution >= 4 is 5.78 Å². The molecule has 92 valence electrons. The number of rotatable bonds is 5. The average molecular weight is 231 g/mol. The van der Waals surface area contributed by atoms with E-state index in [4.69, 9.17) is 0 Å². The van der Waals surface area contributed by atoms with Crippen molar-refractivity contribution in [2.75, 3.05) is 0 Å². The Labute approximate surface area is 103 Å². The SMILES string of the molecule is O=C(CCCC1CCCCC1)c1ccccn1. The number of hydrogen-bond donors (Lipinski definition) is 0. The Hall–Kier alpha value is -1.18. The van der Waals surface area contributed by atoms with Crippen LogP contribution in [0.5, 0.6) is 0 Å². The van der Waals surface area contributed by atoms with Crippen LogP contribution in [0, 0.1) is 5.92 Å². The van der Waals surface area contributed by atoms with Gasteiger partial charge in [0.15, 0.2) is 5.78 Å². The Morgan fingerprint density at radius 2 is 2.06 bits per heavy atom. The molecule has 1 aromatic rings. The highest BCUT2D eigenvalue weighted by molar-refractivity contribution is 5.94. The summed E-state index contributed by atoms with van der Waals surface area (Å²) in [5.74, 6) is 1.07. The van der Waals surface area contributed by atoms with E-state index in [0.29, 0.717) is 12.1 Å². The second kappa shape index (κ2) is 6.53. The van der Waals surface area contributed by atoms with E-state index in [1.165, 1.54) is 38.5 Å². The summed E-state index contributed by atoms with van der Waals surface area (Å²) in [7, 11) is 0. The Bertz CT molecular complexity index is 341. The van der Waals surface area contributed by atoms with E-state index in [2.05, 4.69) is 4.98 Å². The van der Waals surface area contributed by atoms with Crippen LogP contribution < -0.4 is 0 Å². The first-order valence-corrected chi connectivity index (χ1v) is 6.80. The van der Waals surface area contributed by atoms with E-state index in [1.807, 2.05) is 18.2 Å². The number of carbonyl (C=O) groups is 1. The number of pyridine rings is 1. The summed E-state index contributed by atoms with van der Waals surface area (Å²) in [6, 6.07) is 5.53. The molecule has 0 saturated heterocycles. The first kappa shape index (κ1) is 12.3. The number of aromatic nitrogens is 1. The van der Waals surface area contributed by atoms with Crippen LogP contribution in [0.2, 0.25) is 0 Å². The topological polar surface area (TPSA) is 30.0 Å². The van der Waals surface area contributed by atoms with E-state index in [9.17, 15) is 4.79 Å². The first-order chi connectivity index (χ1) is 8.36. The predicted molar refractivity (Wildman–Crippen MR) is 69.0 cm³/mol. The molecule has 1 fully saturated rings. The fraction of sp³-hybridized carbons (Fsp3) is 0.600. The van der Waals surface area contributed by atoms with Gasteiger partial charge in [0.25, 0.3) is 0 Å². The van der Waals surface area contributed by atoms with Gasteiger partial charge in [-0.3, -0.25) is 9.78 Å². The van der Waals surface area contributed by atoms with E-state index in [-0.39, 0.29) is 5.78 Å². The summed E-state index contributed by atoms with van der Waals surface area (Å²) < 4.78 is 0. The second-order valence-electron chi connectivity index (χ2n) is 5.03. The lowest BCUT2D eigenvalue weighted by atomic mass is 9.85. The molecule has 2 heteroatoms. The largest absolute Gasteiger partial charge is 0.292 e. The highest BCUT2D eigenvalue weighted by Gasteiger charge is 2.14. The van der Waals surface area contributed by atoms with Crippen LogP contribution in [-0.4, -0.2) is 10.8 Å². The smallest absolute Gasteiger partial charge is 0.181 e. The maximum Gasteiger partial charge on any atom is 0.181 e. The van der Waals surface area contributed by atoms with Crippen LogP contribution in [0.25, 0.3) is 0 Å². The zero-order valence-corrected chi connectivity index (χ0v) is 10.4. The molecular weight excluding hydrogens is 210 g/mol. The van der Waals surface area contributed by atoms with Crippen LogP contribution in [0.4, 0.5) is 0 Å². The minimum Gasteiger partial charge on any atom is -0.292 e. The normalized spacial score (nSPS) is 16.9. The average Bonchev–Trinajstić information content (AvgIpc) is 2.41. The van der Waals surface area contributed by atoms with Crippen LogP contribution >= 0.6 is 0 Å². The summed E-state index contributed by atoms with van der Waals surface area (Å²) in [6.45, 7) is 0. The third kappa shape index (κ3) is 3.95. The first-order valence-electron chi connectivity index (χ1n) is 6.80. The molecule has 0 radical (unpaired) electrons. The van der Waals surface area contributed by atoms with Crippen LogP contribution in [0.1, 0.15) is 61.9 Å². The molecule has 0 unspecified atom stereocenters. The quantitative estimate of drug-likeness (QED) is 0.716. The Kier molecular flexibility index (Phi) is 4.72. The van der Waals surface area contributed by atoms with Crippen molar-refractivity contribution in [3.63, 3.8) is 0 Å². The molecule has 1 saturated carbocycles. The van der Waals surface area contributed by atoms with Gasteiger partial charge in [-0.2, -0.15) is 0 Å². The van der Waals surface area contributed by atoms with Gasteiger partial charge in [0.1, 0.15) is 5.69 Å². The van der Waals surface area contributed by atoms with Crippen molar-refractivity contribution in [2.24, 2.45) is 5.92 Å². The number of carbonyl (C=O) groups excluding carboxylic acids is 1. The summed E-state index contributed by atoms with van der Waals surface area (Å²) in [5, 5.41) is 0. The predicted octanol–water partition coefficient (Wildman–Crippen LogP) is 4.01. The van der Waals surface area contributed by atoms with Crippen LogP contribution in [0.3, 0.4) is 0 Å². The zero-order valence-electron chi connectivity index (χ0n) is 10.4. The van der Waals surface area contributed by atoms with Gasteiger partial charge in [-0.1, -0.05) is 44.6 Å². The molecule has 2 rings (SSSR count). The molecule has 0 amide bonds. The van der Waals surface area contributed by atoms with Gasteiger partial charge in [-0.05, 0) is 24.5 Å². The van der Waals surface area contributed by atoms with Crippen molar-refractivity contribution in [1.29, 1.82) is 0 Å². The Morgan fingerprint density at radius 1 is 1.24 bits per heavy atom. The molecule has 0 aliphatic heterocycles. The maximum atomic E-state index is 11.8. The fourth-order valence-electron chi connectivity index (χ4n) is 2.68. The van der Waals surface area contributed by atoms with E-state index < -0.39 is 0 Å². The molecule has 17 heavy (non-hydrogen) atoms. The molecule has 0 spiro atoms. The van der Waals surface area contributed by atoms with Gasteiger partial charge >= 0.3 is 0 Å². The summed E-state index contributed by atoms with van der Waals surface area (Å²) in [4.78, 5) is 15.9. The number of Topliss-reactive ketones (excluding diaryl/α,β-unsaturated/α-hetero) is 1. The maximum absolute atomic E-state index is 11.8. The van der Waals surface area contributed by atoms with Gasteiger partial charge in [-0.15, -0.1) is 0 Å². The lowest BCUT2D eigenvalue weighted by molar-refractivity contribution is 0.0972. The molecular formula is C15H21NO. The second-order valence-corrected chi connectivity index (χ2v) is 5.03. The highest BCUT2D eigenvalue weighted by atomic mass is 16.1. The van der Waals surface area contributed by atoms with Crippen LogP contribution in [-0.2, 0) is 0 Å². The van der Waals surface area contributed by atoms with Gasteiger partial charge in [0, 0.05) is 12.6 Å². The summed E-state index contributed by atoms with van der Waals surface area (Å²) in [5.41, 5.74) is 0.621. The molecule has 0 aromatic carbocycles. The number of ketones is 1. The van der Waals surface area contributed by atoms with Gasteiger partial charge in [0.2, 0.25) is 0 Å². The fourth-order valence-corrected chi connectivity index (χ4v) is 2.68. The molecule has 1 aliphatic carbocycles. The van der Waals surface area contributed by atoms with E-state index in [1.54, 1.807) is 6.20 Å². The molecule has 2 nitrogen and oxygen atoms in total. The summed E-state index contributed by atoms with van der Waals surface area (Å²) in [6.07, 6.45) is 11.5. The van der Waals surface area contributed by atoms with E-state index in [0.717, 1.165) is 12.3 Å². The highest BCUT2D eigenvalue weighted by Crippen LogP contribution is 2.27. The number of nitrogens with zero attached hydrogens (tertiary/aromatic N) is 1. The molecule has 0 N–H and O–H groups in total.